The zero-order valence-corrected chi connectivity index (χ0v) is 13.7. The lowest BCUT2D eigenvalue weighted by molar-refractivity contribution is 0.685. The van der Waals surface area contributed by atoms with Gasteiger partial charge in [-0.05, 0) is 18.9 Å². The summed E-state index contributed by atoms with van der Waals surface area (Å²) in [6.07, 6.45) is 3.60. The largest absolute Gasteiger partial charge is 0.369 e. The van der Waals surface area contributed by atoms with Crippen molar-refractivity contribution < 1.29 is 4.21 Å². The van der Waals surface area contributed by atoms with E-state index in [1.54, 1.807) is 17.6 Å². The van der Waals surface area contributed by atoms with Crippen LogP contribution in [0, 0.1) is 0 Å². The van der Waals surface area contributed by atoms with Gasteiger partial charge in [0.2, 0.25) is 5.95 Å². The molecular formula is C13H20N4OS2. The van der Waals surface area contributed by atoms with Gasteiger partial charge in [0.05, 0.1) is 5.39 Å². The summed E-state index contributed by atoms with van der Waals surface area (Å²) < 4.78 is 11.1. The molecule has 7 heteroatoms. The van der Waals surface area contributed by atoms with Crippen LogP contribution in [-0.2, 0) is 17.2 Å². The lowest BCUT2D eigenvalue weighted by Crippen LogP contribution is -2.08. The monoisotopic (exact) mass is 312 g/mol. The maximum Gasteiger partial charge on any atom is 0.225 e. The van der Waals surface area contributed by atoms with Gasteiger partial charge < -0.3 is 10.6 Å². The van der Waals surface area contributed by atoms with E-state index >= 15 is 0 Å². The molecule has 2 aromatic heterocycles. The average molecular weight is 312 g/mol. The van der Waals surface area contributed by atoms with E-state index in [0.717, 1.165) is 35.4 Å². The minimum absolute atomic E-state index is 0.628. The van der Waals surface area contributed by atoms with E-state index in [9.17, 15) is 4.21 Å². The van der Waals surface area contributed by atoms with Gasteiger partial charge in [-0.1, -0.05) is 6.92 Å². The first-order valence-corrected chi connectivity index (χ1v) is 9.20. The van der Waals surface area contributed by atoms with Crippen LogP contribution in [0.1, 0.15) is 18.2 Å². The molecule has 20 heavy (non-hydrogen) atoms. The molecule has 0 spiro atoms. The third-order valence-electron chi connectivity index (χ3n) is 2.92. The predicted octanol–water partition coefficient (Wildman–Crippen LogP) is 2.48. The smallest absolute Gasteiger partial charge is 0.225 e. The number of aromatic nitrogens is 2. The minimum atomic E-state index is -0.737. The molecule has 0 fully saturated rings. The molecule has 0 saturated carbocycles. The van der Waals surface area contributed by atoms with E-state index < -0.39 is 10.8 Å². The SMILES string of the molecule is CCc1cc2c(NCCCS(C)=O)nc(NC)nc2s1. The number of aryl methyl sites for hydroxylation is 1. The first-order chi connectivity index (χ1) is 9.63. The van der Waals surface area contributed by atoms with Crippen LogP contribution in [0.5, 0.6) is 0 Å². The predicted molar refractivity (Wildman–Crippen MR) is 88.4 cm³/mol. The fourth-order valence-electron chi connectivity index (χ4n) is 1.87. The lowest BCUT2D eigenvalue weighted by Gasteiger charge is -2.08. The van der Waals surface area contributed by atoms with Crippen LogP contribution < -0.4 is 10.6 Å². The zero-order chi connectivity index (χ0) is 14.5. The first kappa shape index (κ1) is 15.2. The lowest BCUT2D eigenvalue weighted by atomic mass is 10.3. The highest BCUT2D eigenvalue weighted by Gasteiger charge is 2.10. The number of anilines is 2. The van der Waals surface area contributed by atoms with E-state index in [0.29, 0.717) is 11.7 Å². The molecule has 2 aromatic rings. The number of thiophene rings is 1. The summed E-state index contributed by atoms with van der Waals surface area (Å²) in [4.78, 5) is 11.3. The van der Waals surface area contributed by atoms with Crippen molar-refractivity contribution in [2.24, 2.45) is 0 Å². The molecule has 0 amide bonds. The van der Waals surface area contributed by atoms with Crippen molar-refractivity contribution in [1.82, 2.24) is 9.97 Å². The van der Waals surface area contributed by atoms with Gasteiger partial charge in [0.15, 0.2) is 0 Å². The summed E-state index contributed by atoms with van der Waals surface area (Å²) in [7, 11) is 1.08. The van der Waals surface area contributed by atoms with Crippen LogP contribution in [0.2, 0.25) is 0 Å². The van der Waals surface area contributed by atoms with E-state index in [1.807, 2.05) is 7.05 Å². The maximum absolute atomic E-state index is 11.1. The molecule has 2 N–H and O–H groups in total. The Hall–Kier alpha value is -1.21. The highest BCUT2D eigenvalue weighted by atomic mass is 32.2. The standard InChI is InChI=1S/C13H20N4OS2/c1-4-9-8-10-11(15-6-5-7-20(3)18)16-13(14-2)17-12(10)19-9/h8H,4-7H2,1-3H3,(H2,14,15,16,17). The summed E-state index contributed by atoms with van der Waals surface area (Å²) in [5.74, 6) is 2.20. The number of hydrogen-bond donors (Lipinski definition) is 2. The fourth-order valence-corrected chi connectivity index (χ4v) is 3.39. The van der Waals surface area contributed by atoms with E-state index in [-0.39, 0.29) is 0 Å². The highest BCUT2D eigenvalue weighted by Crippen LogP contribution is 2.30. The second-order valence-corrected chi connectivity index (χ2v) is 7.16. The molecular weight excluding hydrogens is 292 g/mol. The minimum Gasteiger partial charge on any atom is -0.369 e. The molecule has 0 aliphatic rings. The van der Waals surface area contributed by atoms with Crippen molar-refractivity contribution in [1.29, 1.82) is 0 Å². The van der Waals surface area contributed by atoms with Crippen LogP contribution in [0.4, 0.5) is 11.8 Å². The first-order valence-electron chi connectivity index (χ1n) is 6.66. The third kappa shape index (κ3) is 3.67. The highest BCUT2D eigenvalue weighted by molar-refractivity contribution is 7.84. The Balaban J connectivity index is 2.20. The van der Waals surface area contributed by atoms with Crippen molar-refractivity contribution in [3.8, 4) is 0 Å². The Labute approximate surface area is 125 Å². The quantitative estimate of drug-likeness (QED) is 0.769. The molecule has 0 radical (unpaired) electrons. The zero-order valence-electron chi connectivity index (χ0n) is 12.0. The van der Waals surface area contributed by atoms with Gasteiger partial charge in [-0.25, -0.2) is 4.98 Å². The van der Waals surface area contributed by atoms with E-state index in [4.69, 9.17) is 0 Å². The second kappa shape index (κ2) is 6.99. The summed E-state index contributed by atoms with van der Waals surface area (Å²) >= 11 is 1.71. The van der Waals surface area contributed by atoms with Gasteiger partial charge in [-0.3, -0.25) is 4.21 Å². The Kier molecular flexibility index (Phi) is 5.31. The van der Waals surface area contributed by atoms with Crippen molar-refractivity contribution in [3.05, 3.63) is 10.9 Å². The molecule has 1 atom stereocenters. The van der Waals surface area contributed by atoms with Gasteiger partial charge in [0.25, 0.3) is 0 Å². The third-order valence-corrected chi connectivity index (χ3v) is 4.95. The van der Waals surface area contributed by atoms with E-state index in [2.05, 4.69) is 33.6 Å². The fraction of sp³-hybridized carbons (Fsp3) is 0.538. The van der Waals surface area contributed by atoms with Gasteiger partial charge in [0, 0.05) is 41.3 Å². The molecule has 2 heterocycles. The van der Waals surface area contributed by atoms with E-state index in [1.165, 1.54) is 4.88 Å². The summed E-state index contributed by atoms with van der Waals surface area (Å²) in [6, 6.07) is 2.15. The van der Waals surface area contributed by atoms with Gasteiger partial charge in [-0.15, -0.1) is 11.3 Å². The van der Waals surface area contributed by atoms with Gasteiger partial charge in [0.1, 0.15) is 10.6 Å². The molecule has 0 aromatic carbocycles. The maximum atomic E-state index is 11.1. The van der Waals surface area contributed by atoms with Gasteiger partial charge in [-0.2, -0.15) is 4.98 Å². The second-order valence-electron chi connectivity index (χ2n) is 4.49. The number of hydrogen-bond acceptors (Lipinski definition) is 6. The molecule has 0 bridgehead atoms. The number of nitrogens with one attached hydrogen (secondary N) is 2. The molecule has 1 unspecified atom stereocenters. The van der Waals surface area contributed by atoms with Crippen LogP contribution in [-0.4, -0.2) is 39.8 Å². The molecule has 0 aliphatic carbocycles. The normalized spacial score (nSPS) is 12.6. The van der Waals surface area contributed by atoms with Crippen LogP contribution >= 0.6 is 11.3 Å². The Morgan fingerprint density at radius 2 is 2.20 bits per heavy atom. The Morgan fingerprint density at radius 3 is 2.85 bits per heavy atom. The number of nitrogens with zero attached hydrogens (tertiary/aromatic N) is 2. The number of rotatable bonds is 7. The number of fused-ring (bicyclic) bond motifs is 1. The van der Waals surface area contributed by atoms with Crippen molar-refractivity contribution in [2.75, 3.05) is 36.2 Å². The van der Waals surface area contributed by atoms with Crippen LogP contribution in [0.25, 0.3) is 10.2 Å². The van der Waals surface area contributed by atoms with Crippen molar-refractivity contribution >= 4 is 44.1 Å². The topological polar surface area (TPSA) is 66.9 Å². The Bertz CT molecular complexity index is 612. The summed E-state index contributed by atoms with van der Waals surface area (Å²) in [6.45, 7) is 2.91. The van der Waals surface area contributed by atoms with Crippen molar-refractivity contribution in [2.45, 2.75) is 19.8 Å². The molecule has 0 aliphatic heterocycles. The molecule has 0 saturated heterocycles. The average Bonchev–Trinajstić information content (AvgIpc) is 2.86. The summed E-state index contributed by atoms with van der Waals surface area (Å²) in [5.41, 5.74) is 0. The van der Waals surface area contributed by atoms with Crippen molar-refractivity contribution in [3.63, 3.8) is 0 Å². The molecule has 110 valence electrons. The van der Waals surface area contributed by atoms with Crippen LogP contribution in [0.3, 0.4) is 0 Å². The Morgan fingerprint density at radius 1 is 1.40 bits per heavy atom. The molecule has 2 rings (SSSR count). The van der Waals surface area contributed by atoms with Gasteiger partial charge >= 0.3 is 0 Å². The van der Waals surface area contributed by atoms with Crippen LogP contribution in [0.15, 0.2) is 6.07 Å². The summed E-state index contributed by atoms with van der Waals surface area (Å²) in [5, 5.41) is 7.40. The molecule has 5 nitrogen and oxygen atoms in total.